The summed E-state index contributed by atoms with van der Waals surface area (Å²) in [5, 5.41) is 5.78. The Morgan fingerprint density at radius 3 is 2.85 bits per heavy atom. The van der Waals surface area contributed by atoms with Crippen LogP contribution in [0.1, 0.15) is 11.4 Å². The Balaban J connectivity index is 1.34. The first-order valence-electron chi connectivity index (χ1n) is 8.33. The van der Waals surface area contributed by atoms with E-state index in [2.05, 4.69) is 15.3 Å². The van der Waals surface area contributed by atoms with Crippen molar-refractivity contribution >= 4 is 22.9 Å². The quantitative estimate of drug-likeness (QED) is 0.747. The zero-order valence-electron chi connectivity index (χ0n) is 14.0. The first-order chi connectivity index (χ1) is 12.8. The number of rotatable bonds is 5. The molecular formula is C19H17N3O3S. The van der Waals surface area contributed by atoms with Crippen molar-refractivity contribution in [3.8, 4) is 22.9 Å². The maximum atomic E-state index is 12.2. The van der Waals surface area contributed by atoms with E-state index < -0.39 is 0 Å². The van der Waals surface area contributed by atoms with E-state index in [9.17, 15) is 4.79 Å². The van der Waals surface area contributed by atoms with Gasteiger partial charge in [-0.2, -0.15) is 0 Å². The zero-order chi connectivity index (χ0) is 17.8. The number of nitrogens with one attached hydrogen (secondary N) is 1. The summed E-state index contributed by atoms with van der Waals surface area (Å²) in [5.41, 5.74) is 2.39. The molecule has 1 amide bonds. The number of pyridine rings is 1. The molecular weight excluding hydrogens is 350 g/mol. The van der Waals surface area contributed by atoms with Gasteiger partial charge in [0, 0.05) is 36.2 Å². The van der Waals surface area contributed by atoms with E-state index >= 15 is 0 Å². The van der Waals surface area contributed by atoms with E-state index in [-0.39, 0.29) is 5.91 Å². The number of thiazole rings is 1. The highest BCUT2D eigenvalue weighted by molar-refractivity contribution is 7.09. The van der Waals surface area contributed by atoms with E-state index in [0.29, 0.717) is 43.2 Å². The molecule has 0 atom stereocenters. The molecule has 0 radical (unpaired) electrons. The van der Waals surface area contributed by atoms with Gasteiger partial charge in [-0.1, -0.05) is 6.07 Å². The van der Waals surface area contributed by atoms with Crippen LogP contribution < -0.4 is 14.8 Å². The van der Waals surface area contributed by atoms with Crippen LogP contribution in [0.4, 0.5) is 5.69 Å². The lowest BCUT2D eigenvalue weighted by molar-refractivity contribution is -0.116. The molecule has 132 valence electrons. The SMILES string of the molecule is O=C(CCc1nc(-c2ccccn2)cs1)Nc1ccc2c(c1)OCCO2. The molecule has 0 saturated carbocycles. The lowest BCUT2D eigenvalue weighted by atomic mass is 10.2. The summed E-state index contributed by atoms with van der Waals surface area (Å²) in [6, 6.07) is 11.1. The third-order valence-electron chi connectivity index (χ3n) is 3.87. The monoisotopic (exact) mass is 367 g/mol. The minimum Gasteiger partial charge on any atom is -0.486 e. The number of aryl methyl sites for hydroxylation is 1. The maximum Gasteiger partial charge on any atom is 0.224 e. The molecule has 0 unspecified atom stereocenters. The molecule has 26 heavy (non-hydrogen) atoms. The average Bonchev–Trinajstić information content (AvgIpc) is 3.16. The Labute approximate surface area is 154 Å². The van der Waals surface area contributed by atoms with Crippen molar-refractivity contribution in [3.05, 3.63) is 53.0 Å². The number of carbonyl (C=O) groups is 1. The Morgan fingerprint density at radius 2 is 2.00 bits per heavy atom. The lowest BCUT2D eigenvalue weighted by Crippen LogP contribution is -2.16. The minimum atomic E-state index is -0.0590. The molecule has 1 N–H and O–H groups in total. The molecule has 1 aliphatic rings. The van der Waals surface area contributed by atoms with E-state index in [0.717, 1.165) is 16.4 Å². The predicted molar refractivity (Wildman–Crippen MR) is 99.7 cm³/mol. The highest BCUT2D eigenvalue weighted by atomic mass is 32.1. The van der Waals surface area contributed by atoms with Gasteiger partial charge >= 0.3 is 0 Å². The Hall–Kier alpha value is -2.93. The highest BCUT2D eigenvalue weighted by Crippen LogP contribution is 2.32. The average molecular weight is 367 g/mol. The number of hydrogen-bond acceptors (Lipinski definition) is 6. The summed E-state index contributed by atoms with van der Waals surface area (Å²) in [7, 11) is 0. The summed E-state index contributed by atoms with van der Waals surface area (Å²) >= 11 is 1.54. The first-order valence-corrected chi connectivity index (χ1v) is 9.21. The Bertz CT molecular complexity index is 911. The molecule has 1 aromatic carbocycles. The number of aromatic nitrogens is 2. The van der Waals surface area contributed by atoms with Gasteiger partial charge in [-0.15, -0.1) is 11.3 Å². The smallest absolute Gasteiger partial charge is 0.224 e. The molecule has 6 nitrogen and oxygen atoms in total. The number of hydrogen-bond donors (Lipinski definition) is 1. The van der Waals surface area contributed by atoms with Gasteiger partial charge in [-0.25, -0.2) is 4.98 Å². The van der Waals surface area contributed by atoms with Gasteiger partial charge < -0.3 is 14.8 Å². The number of benzene rings is 1. The van der Waals surface area contributed by atoms with Crippen LogP contribution in [0.5, 0.6) is 11.5 Å². The van der Waals surface area contributed by atoms with Crippen molar-refractivity contribution in [1.29, 1.82) is 0 Å². The van der Waals surface area contributed by atoms with Crippen LogP contribution in [-0.4, -0.2) is 29.1 Å². The van der Waals surface area contributed by atoms with E-state index in [4.69, 9.17) is 9.47 Å². The first kappa shape index (κ1) is 16.5. The van der Waals surface area contributed by atoms with Gasteiger partial charge in [-0.3, -0.25) is 9.78 Å². The molecule has 4 rings (SSSR count). The number of carbonyl (C=O) groups excluding carboxylic acids is 1. The van der Waals surface area contributed by atoms with Crippen molar-refractivity contribution in [1.82, 2.24) is 9.97 Å². The minimum absolute atomic E-state index is 0.0590. The van der Waals surface area contributed by atoms with Crippen molar-refractivity contribution < 1.29 is 14.3 Å². The van der Waals surface area contributed by atoms with Gasteiger partial charge in [0.05, 0.1) is 16.4 Å². The van der Waals surface area contributed by atoms with Gasteiger partial charge in [-0.05, 0) is 24.3 Å². The Morgan fingerprint density at radius 1 is 1.12 bits per heavy atom. The number of amides is 1. The van der Waals surface area contributed by atoms with Crippen molar-refractivity contribution in [2.75, 3.05) is 18.5 Å². The summed E-state index contributed by atoms with van der Waals surface area (Å²) in [6.07, 6.45) is 2.70. The molecule has 0 spiro atoms. The molecule has 7 heteroatoms. The molecule has 3 heterocycles. The second-order valence-electron chi connectivity index (χ2n) is 5.75. The van der Waals surface area contributed by atoms with Crippen molar-refractivity contribution in [3.63, 3.8) is 0 Å². The maximum absolute atomic E-state index is 12.2. The van der Waals surface area contributed by atoms with Crippen LogP contribution in [0, 0.1) is 0 Å². The summed E-state index contributed by atoms with van der Waals surface area (Å²) in [6.45, 7) is 1.07. The normalized spacial score (nSPS) is 12.6. The van der Waals surface area contributed by atoms with Crippen LogP contribution in [0.3, 0.4) is 0 Å². The van der Waals surface area contributed by atoms with Crippen LogP contribution in [-0.2, 0) is 11.2 Å². The molecule has 0 saturated heterocycles. The predicted octanol–water partition coefficient (Wildman–Crippen LogP) is 3.55. The molecule has 0 bridgehead atoms. The Kier molecular flexibility index (Phi) is 4.79. The number of fused-ring (bicyclic) bond motifs is 1. The fourth-order valence-corrected chi connectivity index (χ4v) is 3.41. The third-order valence-corrected chi connectivity index (χ3v) is 4.78. The highest BCUT2D eigenvalue weighted by Gasteiger charge is 2.13. The summed E-state index contributed by atoms with van der Waals surface area (Å²) in [5.74, 6) is 1.31. The van der Waals surface area contributed by atoms with E-state index in [1.165, 1.54) is 0 Å². The summed E-state index contributed by atoms with van der Waals surface area (Å²) < 4.78 is 11.0. The fourth-order valence-electron chi connectivity index (χ4n) is 2.62. The second kappa shape index (κ2) is 7.53. The van der Waals surface area contributed by atoms with Gasteiger partial charge in [0.2, 0.25) is 5.91 Å². The largest absolute Gasteiger partial charge is 0.486 e. The van der Waals surface area contributed by atoms with Crippen molar-refractivity contribution in [2.45, 2.75) is 12.8 Å². The molecule has 1 aliphatic heterocycles. The van der Waals surface area contributed by atoms with Crippen LogP contribution >= 0.6 is 11.3 Å². The van der Waals surface area contributed by atoms with Crippen LogP contribution in [0.25, 0.3) is 11.4 Å². The molecule has 2 aromatic heterocycles. The number of nitrogens with zero attached hydrogens (tertiary/aromatic N) is 2. The third kappa shape index (κ3) is 3.83. The number of ether oxygens (including phenoxy) is 2. The summed E-state index contributed by atoms with van der Waals surface area (Å²) in [4.78, 5) is 21.1. The van der Waals surface area contributed by atoms with Crippen molar-refractivity contribution in [2.24, 2.45) is 0 Å². The fraction of sp³-hybridized carbons (Fsp3) is 0.211. The standard InChI is InChI=1S/C19H17N3O3S/c23-18(21-13-4-5-16-17(11-13)25-10-9-24-16)6-7-19-22-15(12-26-19)14-3-1-2-8-20-14/h1-5,8,11-12H,6-7,9-10H2,(H,21,23). The van der Waals surface area contributed by atoms with Crippen LogP contribution in [0.15, 0.2) is 48.0 Å². The van der Waals surface area contributed by atoms with Gasteiger partial charge in [0.1, 0.15) is 13.2 Å². The topological polar surface area (TPSA) is 73.3 Å². The van der Waals surface area contributed by atoms with Gasteiger partial charge in [0.25, 0.3) is 0 Å². The molecule has 0 aliphatic carbocycles. The van der Waals surface area contributed by atoms with Gasteiger partial charge in [0.15, 0.2) is 11.5 Å². The van der Waals surface area contributed by atoms with E-state index in [1.807, 2.05) is 35.7 Å². The molecule has 3 aromatic rings. The molecule has 0 fully saturated rings. The lowest BCUT2D eigenvalue weighted by Gasteiger charge is -2.18. The number of anilines is 1. The zero-order valence-corrected chi connectivity index (χ0v) is 14.8. The van der Waals surface area contributed by atoms with E-state index in [1.54, 1.807) is 23.6 Å². The van der Waals surface area contributed by atoms with Crippen LogP contribution in [0.2, 0.25) is 0 Å². The second-order valence-corrected chi connectivity index (χ2v) is 6.69.